The maximum absolute atomic E-state index is 12.1. The van der Waals surface area contributed by atoms with Crippen molar-refractivity contribution >= 4 is 11.6 Å². The van der Waals surface area contributed by atoms with Crippen molar-refractivity contribution in [1.29, 1.82) is 0 Å². The first-order valence-corrected chi connectivity index (χ1v) is 6.50. The maximum atomic E-state index is 12.1. The number of methoxy groups -OCH3 is 1. The average Bonchev–Trinajstić information content (AvgIpc) is 2.45. The largest absolute Gasteiger partial charge is 0.497 e. The SMILES string of the molecule is COc1ccc(N2C(=O)COCC2CCCN)cc1. The number of carbonyl (C=O) groups excluding carboxylic acids is 1. The third kappa shape index (κ3) is 3.24. The van der Waals surface area contributed by atoms with Gasteiger partial charge in [-0.05, 0) is 43.7 Å². The molecule has 0 spiro atoms. The molecule has 1 amide bonds. The number of ether oxygens (including phenoxy) is 2. The molecule has 1 aromatic carbocycles. The molecule has 1 heterocycles. The monoisotopic (exact) mass is 264 g/mol. The van der Waals surface area contributed by atoms with Crippen LogP contribution in [0.4, 0.5) is 5.69 Å². The lowest BCUT2D eigenvalue weighted by atomic mass is 10.1. The van der Waals surface area contributed by atoms with Gasteiger partial charge in [-0.2, -0.15) is 0 Å². The van der Waals surface area contributed by atoms with E-state index in [4.69, 9.17) is 15.2 Å². The van der Waals surface area contributed by atoms with Crippen LogP contribution in [0.1, 0.15) is 12.8 Å². The zero-order valence-electron chi connectivity index (χ0n) is 11.2. The highest BCUT2D eigenvalue weighted by Gasteiger charge is 2.29. The molecule has 1 aromatic rings. The minimum atomic E-state index is -0.00145. The van der Waals surface area contributed by atoms with Crippen molar-refractivity contribution in [2.24, 2.45) is 5.73 Å². The molecule has 0 saturated carbocycles. The smallest absolute Gasteiger partial charge is 0.253 e. The van der Waals surface area contributed by atoms with E-state index in [-0.39, 0.29) is 18.6 Å². The molecule has 5 heteroatoms. The Morgan fingerprint density at radius 1 is 1.42 bits per heavy atom. The van der Waals surface area contributed by atoms with Gasteiger partial charge in [0, 0.05) is 5.69 Å². The Bertz CT molecular complexity index is 419. The predicted octanol–water partition coefficient (Wildman–Crippen LogP) is 1.17. The fourth-order valence-corrected chi connectivity index (χ4v) is 2.29. The number of nitrogens with zero attached hydrogens (tertiary/aromatic N) is 1. The van der Waals surface area contributed by atoms with Crippen LogP contribution in [0.5, 0.6) is 5.75 Å². The van der Waals surface area contributed by atoms with Crippen LogP contribution in [-0.4, -0.2) is 38.8 Å². The molecular weight excluding hydrogens is 244 g/mol. The third-order valence-electron chi connectivity index (χ3n) is 3.26. The number of amides is 1. The van der Waals surface area contributed by atoms with E-state index in [1.54, 1.807) is 7.11 Å². The molecule has 104 valence electrons. The van der Waals surface area contributed by atoms with E-state index >= 15 is 0 Å². The zero-order chi connectivity index (χ0) is 13.7. The Balaban J connectivity index is 2.17. The van der Waals surface area contributed by atoms with Gasteiger partial charge in [-0.15, -0.1) is 0 Å². The first-order valence-electron chi connectivity index (χ1n) is 6.50. The van der Waals surface area contributed by atoms with Gasteiger partial charge < -0.3 is 20.1 Å². The van der Waals surface area contributed by atoms with Gasteiger partial charge in [0.05, 0.1) is 19.8 Å². The van der Waals surface area contributed by atoms with Gasteiger partial charge in [0.2, 0.25) is 0 Å². The van der Waals surface area contributed by atoms with Gasteiger partial charge in [0.15, 0.2) is 0 Å². The first-order chi connectivity index (χ1) is 9.26. The summed E-state index contributed by atoms with van der Waals surface area (Å²) in [7, 11) is 1.62. The molecule has 1 saturated heterocycles. The Hall–Kier alpha value is -1.59. The fraction of sp³-hybridized carbons (Fsp3) is 0.500. The molecule has 1 atom stereocenters. The summed E-state index contributed by atoms with van der Waals surface area (Å²) in [5.74, 6) is 0.779. The lowest BCUT2D eigenvalue weighted by Crippen LogP contribution is -2.49. The van der Waals surface area contributed by atoms with E-state index in [2.05, 4.69) is 0 Å². The van der Waals surface area contributed by atoms with Crippen molar-refractivity contribution in [3.8, 4) is 5.75 Å². The third-order valence-corrected chi connectivity index (χ3v) is 3.26. The molecule has 5 nitrogen and oxygen atoms in total. The van der Waals surface area contributed by atoms with Crippen molar-refractivity contribution in [3.05, 3.63) is 24.3 Å². The van der Waals surface area contributed by atoms with Gasteiger partial charge >= 0.3 is 0 Å². The Morgan fingerprint density at radius 2 is 2.16 bits per heavy atom. The van der Waals surface area contributed by atoms with Crippen LogP contribution in [0, 0.1) is 0 Å². The number of benzene rings is 1. The lowest BCUT2D eigenvalue weighted by Gasteiger charge is -2.35. The molecule has 1 aliphatic rings. The highest BCUT2D eigenvalue weighted by molar-refractivity contribution is 5.95. The molecule has 2 rings (SSSR count). The molecule has 19 heavy (non-hydrogen) atoms. The van der Waals surface area contributed by atoms with Crippen molar-refractivity contribution < 1.29 is 14.3 Å². The average molecular weight is 264 g/mol. The number of rotatable bonds is 5. The first kappa shape index (κ1) is 13.8. The fourth-order valence-electron chi connectivity index (χ4n) is 2.29. The highest BCUT2D eigenvalue weighted by Crippen LogP contribution is 2.25. The van der Waals surface area contributed by atoms with Crippen LogP contribution < -0.4 is 15.4 Å². The summed E-state index contributed by atoms with van der Waals surface area (Å²) >= 11 is 0. The van der Waals surface area contributed by atoms with E-state index in [1.807, 2.05) is 29.2 Å². The van der Waals surface area contributed by atoms with E-state index in [0.717, 1.165) is 24.3 Å². The van der Waals surface area contributed by atoms with E-state index in [1.165, 1.54) is 0 Å². The molecule has 0 radical (unpaired) electrons. The molecule has 1 aliphatic heterocycles. The number of morpholine rings is 1. The highest BCUT2D eigenvalue weighted by atomic mass is 16.5. The van der Waals surface area contributed by atoms with Gasteiger partial charge in [0.1, 0.15) is 12.4 Å². The van der Waals surface area contributed by atoms with Crippen LogP contribution in [0.15, 0.2) is 24.3 Å². The van der Waals surface area contributed by atoms with Gasteiger partial charge in [0.25, 0.3) is 5.91 Å². The second-order valence-corrected chi connectivity index (χ2v) is 4.56. The standard InChI is InChI=1S/C14H20N2O3/c1-18-13-6-4-11(5-7-13)16-12(3-2-8-15)9-19-10-14(16)17/h4-7,12H,2-3,8-10,15H2,1H3. The minimum Gasteiger partial charge on any atom is -0.497 e. The second kappa shape index (κ2) is 6.54. The van der Waals surface area contributed by atoms with Crippen LogP contribution in [0.3, 0.4) is 0 Å². The Kier molecular flexibility index (Phi) is 4.76. The predicted molar refractivity (Wildman–Crippen MR) is 73.4 cm³/mol. The Labute approximate surface area is 113 Å². The molecule has 1 fully saturated rings. The zero-order valence-corrected chi connectivity index (χ0v) is 11.2. The minimum absolute atomic E-state index is 0.00145. The second-order valence-electron chi connectivity index (χ2n) is 4.56. The number of nitrogens with two attached hydrogens (primary N) is 1. The van der Waals surface area contributed by atoms with E-state index in [0.29, 0.717) is 13.2 Å². The number of hydrogen-bond acceptors (Lipinski definition) is 4. The van der Waals surface area contributed by atoms with Crippen LogP contribution in [0.2, 0.25) is 0 Å². The summed E-state index contributed by atoms with van der Waals surface area (Å²) in [6, 6.07) is 7.59. The van der Waals surface area contributed by atoms with Gasteiger partial charge in [-0.1, -0.05) is 0 Å². The molecule has 0 bridgehead atoms. The summed E-state index contributed by atoms with van der Waals surface area (Å²) in [4.78, 5) is 13.9. The quantitative estimate of drug-likeness (QED) is 0.867. The topological polar surface area (TPSA) is 64.8 Å². The number of carbonyl (C=O) groups is 1. The summed E-state index contributed by atoms with van der Waals surface area (Å²) in [6.07, 6.45) is 1.74. The van der Waals surface area contributed by atoms with Crippen LogP contribution in [0.25, 0.3) is 0 Å². The molecule has 2 N–H and O–H groups in total. The van der Waals surface area contributed by atoms with Crippen molar-refractivity contribution in [2.45, 2.75) is 18.9 Å². The van der Waals surface area contributed by atoms with Crippen LogP contribution >= 0.6 is 0 Å². The van der Waals surface area contributed by atoms with Crippen molar-refractivity contribution in [3.63, 3.8) is 0 Å². The van der Waals surface area contributed by atoms with Crippen molar-refractivity contribution in [2.75, 3.05) is 31.8 Å². The summed E-state index contributed by atoms with van der Waals surface area (Å²) in [5, 5.41) is 0. The number of anilines is 1. The normalized spacial score (nSPS) is 19.6. The maximum Gasteiger partial charge on any atom is 0.253 e. The van der Waals surface area contributed by atoms with Crippen molar-refractivity contribution in [1.82, 2.24) is 0 Å². The van der Waals surface area contributed by atoms with E-state index < -0.39 is 0 Å². The van der Waals surface area contributed by atoms with Crippen LogP contribution in [-0.2, 0) is 9.53 Å². The molecule has 1 unspecified atom stereocenters. The molecular formula is C14H20N2O3. The van der Waals surface area contributed by atoms with Gasteiger partial charge in [-0.3, -0.25) is 4.79 Å². The summed E-state index contributed by atoms with van der Waals surface area (Å²) in [5.41, 5.74) is 6.43. The Morgan fingerprint density at radius 3 is 2.79 bits per heavy atom. The van der Waals surface area contributed by atoms with Gasteiger partial charge in [-0.25, -0.2) is 0 Å². The van der Waals surface area contributed by atoms with E-state index in [9.17, 15) is 4.79 Å². The lowest BCUT2D eigenvalue weighted by molar-refractivity contribution is -0.127. The summed E-state index contributed by atoms with van der Waals surface area (Å²) in [6.45, 7) is 1.34. The summed E-state index contributed by atoms with van der Waals surface area (Å²) < 4.78 is 10.5. The molecule has 0 aromatic heterocycles. The number of hydrogen-bond donors (Lipinski definition) is 1. The molecule has 0 aliphatic carbocycles.